The van der Waals surface area contributed by atoms with Gasteiger partial charge in [0.15, 0.2) is 0 Å². The van der Waals surface area contributed by atoms with Crippen LogP contribution in [0.1, 0.15) is 0 Å². The Kier molecular flexibility index (Phi) is 6.51. The van der Waals surface area contributed by atoms with Crippen LogP contribution in [0.4, 0.5) is 17.1 Å². The van der Waals surface area contributed by atoms with Crippen molar-refractivity contribution in [3.05, 3.63) is 176 Å². The zero-order valence-corrected chi connectivity index (χ0v) is 24.1. The van der Waals surface area contributed by atoms with Gasteiger partial charge in [-0.05, 0) is 76.3 Å². The molecule has 0 atom stereocenters. The van der Waals surface area contributed by atoms with Gasteiger partial charge in [0.05, 0.1) is 0 Å². The fourth-order valence-corrected chi connectivity index (χ4v) is 6.18. The van der Waals surface area contributed by atoms with Crippen molar-refractivity contribution in [2.24, 2.45) is 0 Å². The van der Waals surface area contributed by atoms with Gasteiger partial charge in [0.1, 0.15) is 11.2 Å². The van der Waals surface area contributed by atoms with Crippen molar-refractivity contribution in [3.63, 3.8) is 0 Å². The van der Waals surface area contributed by atoms with Crippen molar-refractivity contribution in [2.45, 2.75) is 0 Å². The highest BCUT2D eigenvalue weighted by Gasteiger charge is 2.17. The van der Waals surface area contributed by atoms with Crippen molar-refractivity contribution in [3.8, 4) is 33.4 Å². The van der Waals surface area contributed by atoms with Crippen LogP contribution in [0.5, 0.6) is 0 Å². The lowest BCUT2D eigenvalue weighted by molar-refractivity contribution is 0.670. The van der Waals surface area contributed by atoms with Crippen molar-refractivity contribution in [2.75, 3.05) is 4.90 Å². The molecule has 7 aromatic carbocycles. The van der Waals surface area contributed by atoms with Crippen LogP contribution in [0.15, 0.2) is 180 Å². The lowest BCUT2D eigenvalue weighted by atomic mass is 9.90. The van der Waals surface area contributed by atoms with E-state index in [2.05, 4.69) is 169 Å². The summed E-state index contributed by atoms with van der Waals surface area (Å²) in [6.45, 7) is 0. The average molecular weight is 564 g/mol. The highest BCUT2D eigenvalue weighted by atomic mass is 16.3. The van der Waals surface area contributed by atoms with Gasteiger partial charge in [-0.2, -0.15) is 0 Å². The van der Waals surface area contributed by atoms with E-state index in [1.165, 1.54) is 11.1 Å². The van der Waals surface area contributed by atoms with E-state index in [1.807, 2.05) is 12.1 Å². The van der Waals surface area contributed by atoms with Gasteiger partial charge >= 0.3 is 0 Å². The molecule has 44 heavy (non-hydrogen) atoms. The molecule has 0 bridgehead atoms. The molecule has 0 aliphatic carbocycles. The largest absolute Gasteiger partial charge is 0.455 e. The predicted molar refractivity (Wildman–Crippen MR) is 185 cm³/mol. The number of fused-ring (bicyclic) bond motifs is 3. The first-order chi connectivity index (χ1) is 21.8. The summed E-state index contributed by atoms with van der Waals surface area (Å²) in [5.41, 5.74) is 12.1. The van der Waals surface area contributed by atoms with Crippen LogP contribution >= 0.6 is 0 Å². The molecule has 0 spiro atoms. The molecular weight excluding hydrogens is 534 g/mol. The molecule has 0 aliphatic heterocycles. The molecule has 0 unspecified atom stereocenters. The van der Waals surface area contributed by atoms with Crippen LogP contribution in [0.2, 0.25) is 0 Å². The van der Waals surface area contributed by atoms with Crippen LogP contribution in [0.25, 0.3) is 55.3 Å². The van der Waals surface area contributed by atoms with Gasteiger partial charge in [-0.25, -0.2) is 0 Å². The van der Waals surface area contributed by atoms with Gasteiger partial charge in [0.2, 0.25) is 0 Å². The summed E-state index contributed by atoms with van der Waals surface area (Å²) in [7, 11) is 0. The molecule has 2 heteroatoms. The number of rotatable bonds is 6. The third-order valence-electron chi connectivity index (χ3n) is 8.29. The minimum absolute atomic E-state index is 0.907. The van der Waals surface area contributed by atoms with Crippen molar-refractivity contribution in [1.29, 1.82) is 0 Å². The standard InChI is InChI=1S/C42H29NO/c1-4-13-31(14-5-1)36-28-25-32(29-40(36)39-21-12-20-38-37-19-10-11-22-41(37)44-42(38)39)30-23-26-35(27-24-30)43(33-15-6-2-7-16-33)34-17-8-3-9-18-34/h1-29H. The molecule has 0 saturated carbocycles. The van der Waals surface area contributed by atoms with Gasteiger partial charge < -0.3 is 9.32 Å². The highest BCUT2D eigenvalue weighted by molar-refractivity contribution is 6.10. The Bertz CT molecular complexity index is 2160. The number of anilines is 3. The molecule has 0 fully saturated rings. The molecule has 1 heterocycles. The Balaban J connectivity index is 1.26. The highest BCUT2D eigenvalue weighted by Crippen LogP contribution is 2.42. The number of hydrogen-bond donors (Lipinski definition) is 0. The lowest BCUT2D eigenvalue weighted by Crippen LogP contribution is -2.09. The second-order valence-corrected chi connectivity index (χ2v) is 11.0. The van der Waals surface area contributed by atoms with Gasteiger partial charge in [-0.15, -0.1) is 0 Å². The minimum Gasteiger partial charge on any atom is -0.455 e. The maximum atomic E-state index is 6.50. The maximum absolute atomic E-state index is 6.50. The minimum atomic E-state index is 0.907. The third-order valence-corrected chi connectivity index (χ3v) is 8.29. The molecule has 0 aliphatic rings. The molecule has 8 rings (SSSR count). The molecule has 1 aromatic heterocycles. The molecule has 2 nitrogen and oxygen atoms in total. The van der Waals surface area contributed by atoms with Crippen LogP contribution in [0.3, 0.4) is 0 Å². The average Bonchev–Trinajstić information content (AvgIpc) is 3.49. The number of nitrogens with zero attached hydrogens (tertiary/aromatic N) is 1. The first-order valence-corrected chi connectivity index (χ1v) is 14.9. The smallest absolute Gasteiger partial charge is 0.143 e. The molecule has 0 amide bonds. The van der Waals surface area contributed by atoms with E-state index in [9.17, 15) is 0 Å². The summed E-state index contributed by atoms with van der Waals surface area (Å²) in [6, 6.07) is 62.0. The third kappa shape index (κ3) is 4.63. The number of para-hydroxylation sites is 4. The van der Waals surface area contributed by atoms with Gasteiger partial charge in [0, 0.05) is 33.4 Å². The molecule has 208 valence electrons. The van der Waals surface area contributed by atoms with E-state index in [-0.39, 0.29) is 0 Å². The van der Waals surface area contributed by atoms with Gasteiger partial charge in [-0.3, -0.25) is 0 Å². The van der Waals surface area contributed by atoms with E-state index in [0.717, 1.165) is 61.3 Å². The number of furan rings is 1. The van der Waals surface area contributed by atoms with Crippen LogP contribution in [-0.2, 0) is 0 Å². The zero-order chi connectivity index (χ0) is 29.3. The van der Waals surface area contributed by atoms with Gasteiger partial charge in [-0.1, -0.05) is 127 Å². The van der Waals surface area contributed by atoms with Crippen molar-refractivity contribution < 1.29 is 4.42 Å². The van der Waals surface area contributed by atoms with Crippen molar-refractivity contribution in [1.82, 2.24) is 0 Å². The van der Waals surface area contributed by atoms with Crippen LogP contribution in [0, 0.1) is 0 Å². The summed E-state index contributed by atoms with van der Waals surface area (Å²) < 4.78 is 6.50. The van der Waals surface area contributed by atoms with E-state index >= 15 is 0 Å². The fourth-order valence-electron chi connectivity index (χ4n) is 6.18. The van der Waals surface area contributed by atoms with E-state index in [4.69, 9.17) is 4.42 Å². The Hall–Kier alpha value is -5.86. The summed E-state index contributed by atoms with van der Waals surface area (Å²) in [5.74, 6) is 0. The molecule has 8 aromatic rings. The lowest BCUT2D eigenvalue weighted by Gasteiger charge is -2.25. The van der Waals surface area contributed by atoms with Gasteiger partial charge in [0.25, 0.3) is 0 Å². The summed E-state index contributed by atoms with van der Waals surface area (Å²) in [6.07, 6.45) is 0. The normalized spacial score (nSPS) is 11.2. The van der Waals surface area contributed by atoms with E-state index in [0.29, 0.717) is 0 Å². The van der Waals surface area contributed by atoms with E-state index < -0.39 is 0 Å². The van der Waals surface area contributed by atoms with Crippen molar-refractivity contribution >= 4 is 39.0 Å². The second kappa shape index (κ2) is 11.1. The predicted octanol–water partition coefficient (Wildman–Crippen LogP) is 12.1. The Morgan fingerprint density at radius 3 is 1.61 bits per heavy atom. The zero-order valence-electron chi connectivity index (χ0n) is 24.1. The number of hydrogen-bond acceptors (Lipinski definition) is 2. The fraction of sp³-hybridized carbons (Fsp3) is 0. The summed E-state index contributed by atoms with van der Waals surface area (Å²) in [5, 5.41) is 2.27. The molecule has 0 N–H and O–H groups in total. The number of benzene rings is 7. The SMILES string of the molecule is c1ccc(-c2ccc(-c3ccc(N(c4ccccc4)c4ccccc4)cc3)cc2-c2cccc3c2oc2ccccc23)cc1. The summed E-state index contributed by atoms with van der Waals surface area (Å²) >= 11 is 0. The first-order valence-electron chi connectivity index (χ1n) is 14.9. The molecule has 0 radical (unpaired) electrons. The summed E-state index contributed by atoms with van der Waals surface area (Å²) in [4.78, 5) is 2.29. The monoisotopic (exact) mass is 563 g/mol. The Morgan fingerprint density at radius 2 is 0.909 bits per heavy atom. The topological polar surface area (TPSA) is 16.4 Å². The molecular formula is C42H29NO. The van der Waals surface area contributed by atoms with E-state index in [1.54, 1.807) is 0 Å². The Morgan fingerprint density at radius 1 is 0.341 bits per heavy atom. The van der Waals surface area contributed by atoms with Crippen LogP contribution < -0.4 is 4.90 Å². The first kappa shape index (κ1) is 25.8. The maximum Gasteiger partial charge on any atom is 0.143 e. The molecule has 0 saturated heterocycles. The quantitative estimate of drug-likeness (QED) is 0.200. The Labute approximate surface area is 257 Å². The van der Waals surface area contributed by atoms with Crippen LogP contribution in [-0.4, -0.2) is 0 Å². The second-order valence-electron chi connectivity index (χ2n) is 11.0.